The van der Waals surface area contributed by atoms with Gasteiger partial charge in [-0.15, -0.1) is 0 Å². The Labute approximate surface area is 111 Å². The maximum atomic E-state index is 11.6. The van der Waals surface area contributed by atoms with Crippen LogP contribution in [0.25, 0.3) is 0 Å². The molecule has 0 saturated heterocycles. The van der Waals surface area contributed by atoms with E-state index in [2.05, 4.69) is 10.6 Å². The lowest BCUT2D eigenvalue weighted by molar-refractivity contribution is -0.146. The number of hydrogen-bond acceptors (Lipinski definition) is 3. The van der Waals surface area contributed by atoms with Gasteiger partial charge in [0, 0.05) is 5.69 Å². The van der Waals surface area contributed by atoms with Gasteiger partial charge in [-0.2, -0.15) is 0 Å². The van der Waals surface area contributed by atoms with Crippen LogP contribution in [0.15, 0.2) is 24.3 Å². The molecule has 1 unspecified atom stereocenters. The van der Waals surface area contributed by atoms with E-state index in [1.54, 1.807) is 12.1 Å². The molecule has 1 atom stereocenters. The lowest BCUT2D eigenvalue weighted by Gasteiger charge is -2.12. The number of amides is 2. The predicted molar refractivity (Wildman–Crippen MR) is 71.1 cm³/mol. The average molecular weight is 266 g/mol. The van der Waals surface area contributed by atoms with Crippen LogP contribution in [0.1, 0.15) is 18.9 Å². The maximum absolute atomic E-state index is 11.6. The largest absolute Gasteiger partial charge is 0.479 e. The number of aliphatic hydroxyl groups is 1. The molecule has 1 aromatic rings. The summed E-state index contributed by atoms with van der Waals surface area (Å²) in [7, 11) is 0. The van der Waals surface area contributed by atoms with Crippen molar-refractivity contribution in [3.8, 4) is 0 Å². The molecule has 4 N–H and O–H groups in total. The first-order valence-corrected chi connectivity index (χ1v) is 6.08. The Bertz CT molecular complexity index is 448. The Hall–Kier alpha value is -2.08. The first-order chi connectivity index (χ1) is 9.04. The van der Waals surface area contributed by atoms with Gasteiger partial charge in [0.25, 0.3) is 0 Å². The van der Waals surface area contributed by atoms with Crippen LogP contribution >= 0.6 is 0 Å². The van der Waals surface area contributed by atoms with Crippen molar-refractivity contribution in [3.05, 3.63) is 29.8 Å². The summed E-state index contributed by atoms with van der Waals surface area (Å²) in [6, 6.07) is 6.86. The van der Waals surface area contributed by atoms with Crippen molar-refractivity contribution >= 4 is 17.7 Å². The molecule has 0 bridgehead atoms. The molecule has 1 rings (SSSR count). The van der Waals surface area contributed by atoms with Gasteiger partial charge in [0.15, 0.2) is 6.10 Å². The summed E-state index contributed by atoms with van der Waals surface area (Å²) in [6.07, 6.45) is 0.198. The molecule has 0 aromatic heterocycles. The fourth-order valence-electron chi connectivity index (χ4n) is 1.57. The molecule has 0 spiro atoms. The zero-order valence-corrected chi connectivity index (χ0v) is 10.7. The highest BCUT2D eigenvalue weighted by molar-refractivity contribution is 5.90. The molecular formula is C13H18N2O4. The molecule has 0 aliphatic heterocycles. The Morgan fingerprint density at radius 2 is 2.00 bits per heavy atom. The van der Waals surface area contributed by atoms with Crippen molar-refractivity contribution in [2.45, 2.75) is 25.9 Å². The van der Waals surface area contributed by atoms with Gasteiger partial charge >= 0.3 is 12.0 Å². The number of aryl methyl sites for hydroxylation is 1. The van der Waals surface area contributed by atoms with Crippen LogP contribution in [-0.4, -0.2) is 34.9 Å². The second-order valence-corrected chi connectivity index (χ2v) is 4.10. The van der Waals surface area contributed by atoms with Crippen LogP contribution in [-0.2, 0) is 11.2 Å². The molecule has 6 heteroatoms. The van der Waals surface area contributed by atoms with E-state index in [1.165, 1.54) is 0 Å². The summed E-state index contributed by atoms with van der Waals surface area (Å²) in [4.78, 5) is 22.0. The lowest BCUT2D eigenvalue weighted by Crippen LogP contribution is -2.38. The second-order valence-electron chi connectivity index (χ2n) is 4.10. The Morgan fingerprint density at radius 3 is 2.63 bits per heavy atom. The Morgan fingerprint density at radius 1 is 1.32 bits per heavy atom. The number of carboxylic acids is 1. The SMILES string of the molecule is CCCc1ccccc1NC(=O)NCC(O)C(=O)O. The smallest absolute Gasteiger partial charge is 0.334 e. The monoisotopic (exact) mass is 266 g/mol. The molecule has 19 heavy (non-hydrogen) atoms. The summed E-state index contributed by atoms with van der Waals surface area (Å²) in [5, 5.41) is 22.5. The van der Waals surface area contributed by atoms with Crippen LogP contribution < -0.4 is 10.6 Å². The van der Waals surface area contributed by atoms with E-state index in [0.717, 1.165) is 18.4 Å². The van der Waals surface area contributed by atoms with Crippen molar-refractivity contribution in [2.75, 3.05) is 11.9 Å². The number of para-hydroxylation sites is 1. The highest BCUT2D eigenvalue weighted by atomic mass is 16.4. The van der Waals surface area contributed by atoms with Gasteiger partial charge in [-0.05, 0) is 18.1 Å². The van der Waals surface area contributed by atoms with Crippen molar-refractivity contribution in [3.63, 3.8) is 0 Å². The fraction of sp³-hybridized carbons (Fsp3) is 0.385. The number of anilines is 1. The number of aliphatic carboxylic acids is 1. The van der Waals surface area contributed by atoms with Crippen molar-refractivity contribution in [1.29, 1.82) is 0 Å². The number of aliphatic hydroxyl groups excluding tert-OH is 1. The third kappa shape index (κ3) is 4.97. The number of carboxylic acid groups (broad SMARTS) is 1. The van der Waals surface area contributed by atoms with Crippen LogP contribution in [0, 0.1) is 0 Å². The molecule has 1 aromatic carbocycles. The Balaban J connectivity index is 2.55. The van der Waals surface area contributed by atoms with Crippen molar-refractivity contribution in [2.24, 2.45) is 0 Å². The summed E-state index contributed by atoms with van der Waals surface area (Å²) in [6.45, 7) is 1.71. The maximum Gasteiger partial charge on any atom is 0.334 e. The van der Waals surface area contributed by atoms with Gasteiger partial charge in [0.2, 0.25) is 0 Å². The van der Waals surface area contributed by atoms with E-state index in [-0.39, 0.29) is 6.54 Å². The molecule has 0 saturated carbocycles. The van der Waals surface area contributed by atoms with Gasteiger partial charge < -0.3 is 20.8 Å². The van der Waals surface area contributed by atoms with Gasteiger partial charge in [0.05, 0.1) is 6.54 Å². The molecule has 0 heterocycles. The van der Waals surface area contributed by atoms with Crippen LogP contribution in [0.3, 0.4) is 0 Å². The minimum absolute atomic E-state index is 0.336. The molecule has 6 nitrogen and oxygen atoms in total. The number of urea groups is 1. The predicted octanol–water partition coefficient (Wildman–Crippen LogP) is 1.21. The number of hydrogen-bond donors (Lipinski definition) is 4. The summed E-state index contributed by atoms with van der Waals surface area (Å²) >= 11 is 0. The highest BCUT2D eigenvalue weighted by Crippen LogP contribution is 2.16. The topological polar surface area (TPSA) is 98.7 Å². The van der Waals surface area contributed by atoms with Crippen LogP contribution in [0.4, 0.5) is 10.5 Å². The highest BCUT2D eigenvalue weighted by Gasteiger charge is 2.14. The standard InChI is InChI=1S/C13H18N2O4/c1-2-5-9-6-3-4-7-10(9)15-13(19)14-8-11(16)12(17)18/h3-4,6-7,11,16H,2,5,8H2,1H3,(H,17,18)(H2,14,15,19). The first kappa shape index (κ1) is 15.0. The molecule has 0 aliphatic carbocycles. The molecule has 0 radical (unpaired) electrons. The van der Waals surface area contributed by atoms with Gasteiger partial charge in [0.1, 0.15) is 0 Å². The zero-order valence-electron chi connectivity index (χ0n) is 10.7. The average Bonchev–Trinajstić information content (AvgIpc) is 2.38. The Kier molecular flexibility index (Phi) is 5.81. The van der Waals surface area contributed by atoms with Gasteiger partial charge in [-0.1, -0.05) is 31.5 Å². The number of rotatable bonds is 6. The molecule has 0 aliphatic rings. The lowest BCUT2D eigenvalue weighted by atomic mass is 10.1. The second kappa shape index (κ2) is 7.38. The zero-order chi connectivity index (χ0) is 14.3. The quantitative estimate of drug-likeness (QED) is 0.622. The summed E-state index contributed by atoms with van der Waals surface area (Å²) < 4.78 is 0. The number of benzene rings is 1. The fourth-order valence-corrected chi connectivity index (χ4v) is 1.57. The van der Waals surface area contributed by atoms with E-state index in [0.29, 0.717) is 5.69 Å². The van der Waals surface area contributed by atoms with E-state index >= 15 is 0 Å². The third-order valence-corrected chi connectivity index (χ3v) is 2.53. The van der Waals surface area contributed by atoms with Crippen LogP contribution in [0.5, 0.6) is 0 Å². The van der Waals surface area contributed by atoms with E-state index in [4.69, 9.17) is 10.2 Å². The minimum atomic E-state index is -1.60. The number of carbonyl (C=O) groups excluding carboxylic acids is 1. The number of carbonyl (C=O) groups is 2. The molecule has 2 amide bonds. The van der Waals surface area contributed by atoms with E-state index < -0.39 is 18.1 Å². The van der Waals surface area contributed by atoms with E-state index in [9.17, 15) is 9.59 Å². The molecule has 0 fully saturated rings. The first-order valence-electron chi connectivity index (χ1n) is 6.08. The number of nitrogens with one attached hydrogen (secondary N) is 2. The summed E-state index contributed by atoms with van der Waals surface area (Å²) in [5.74, 6) is -1.37. The van der Waals surface area contributed by atoms with Crippen LogP contribution in [0.2, 0.25) is 0 Å². The summed E-state index contributed by atoms with van der Waals surface area (Å²) in [5.41, 5.74) is 1.70. The van der Waals surface area contributed by atoms with E-state index in [1.807, 2.05) is 19.1 Å². The normalized spacial score (nSPS) is 11.7. The van der Waals surface area contributed by atoms with Crippen molar-refractivity contribution < 1.29 is 19.8 Å². The van der Waals surface area contributed by atoms with Gasteiger partial charge in [-0.25, -0.2) is 9.59 Å². The van der Waals surface area contributed by atoms with Crippen molar-refractivity contribution in [1.82, 2.24) is 5.32 Å². The molecule has 104 valence electrons. The molecular weight excluding hydrogens is 248 g/mol. The third-order valence-electron chi connectivity index (χ3n) is 2.53. The van der Waals surface area contributed by atoms with Gasteiger partial charge in [-0.3, -0.25) is 0 Å². The minimum Gasteiger partial charge on any atom is -0.479 e.